The fourth-order valence-corrected chi connectivity index (χ4v) is 6.99. The summed E-state index contributed by atoms with van der Waals surface area (Å²) in [7, 11) is -3.68. The van der Waals surface area contributed by atoms with Crippen LogP contribution in [0.1, 0.15) is 24.2 Å². The van der Waals surface area contributed by atoms with Crippen LogP contribution in [0, 0.1) is 0 Å². The molecule has 9 nitrogen and oxygen atoms in total. The van der Waals surface area contributed by atoms with E-state index in [9.17, 15) is 18.0 Å². The molecule has 0 saturated carbocycles. The molecular formula is C21H29N3O6S2. The number of carbonyl (C=O) groups excluding carboxylic acids is 2. The molecule has 2 amide bonds. The van der Waals surface area contributed by atoms with Crippen LogP contribution in [0.4, 0.5) is 0 Å². The van der Waals surface area contributed by atoms with Gasteiger partial charge in [0.15, 0.2) is 0 Å². The number of nitrogens with zero attached hydrogens (tertiary/aromatic N) is 3. The van der Waals surface area contributed by atoms with Crippen molar-refractivity contribution in [2.45, 2.75) is 37.0 Å². The first-order valence-electron chi connectivity index (χ1n) is 10.8. The number of carbonyl (C=O) groups is 2. The van der Waals surface area contributed by atoms with Crippen LogP contribution in [0.5, 0.6) is 0 Å². The van der Waals surface area contributed by atoms with Crippen LogP contribution in [0.3, 0.4) is 0 Å². The SMILES string of the molecule is CC1CN(S(=O)(=O)c2ccc(C(=O)N3CSCC3C(=O)N3CCOCC3)cc2)CC(C)O1. The Bertz CT molecular complexity index is 939. The van der Waals surface area contributed by atoms with Gasteiger partial charge in [0.05, 0.1) is 36.2 Å². The lowest BCUT2D eigenvalue weighted by Crippen LogP contribution is -2.52. The van der Waals surface area contributed by atoms with Crippen molar-refractivity contribution in [3.8, 4) is 0 Å². The van der Waals surface area contributed by atoms with Gasteiger partial charge in [0.2, 0.25) is 15.9 Å². The van der Waals surface area contributed by atoms with E-state index in [1.54, 1.807) is 21.6 Å². The van der Waals surface area contributed by atoms with Crippen molar-refractivity contribution in [1.29, 1.82) is 0 Å². The molecule has 0 N–H and O–H groups in total. The Morgan fingerprint density at radius 3 is 2.28 bits per heavy atom. The minimum atomic E-state index is -3.68. The van der Waals surface area contributed by atoms with Gasteiger partial charge in [-0.3, -0.25) is 9.59 Å². The Balaban J connectivity index is 1.47. The van der Waals surface area contributed by atoms with Gasteiger partial charge in [-0.1, -0.05) is 0 Å². The van der Waals surface area contributed by atoms with Gasteiger partial charge in [-0.25, -0.2) is 8.42 Å². The normalized spacial score (nSPS) is 27.5. The highest BCUT2D eigenvalue weighted by atomic mass is 32.2. The standard InChI is InChI=1S/C21H29N3O6S2/c1-15-11-23(12-16(2)30-15)32(27,28)18-5-3-17(4-6-18)20(25)24-14-31-13-19(24)21(26)22-7-9-29-10-8-22/h3-6,15-16,19H,7-14H2,1-2H3. The summed E-state index contributed by atoms with van der Waals surface area (Å²) in [6.45, 7) is 6.38. The largest absolute Gasteiger partial charge is 0.378 e. The minimum absolute atomic E-state index is 0.0543. The Kier molecular flexibility index (Phi) is 7.11. The molecule has 0 aliphatic carbocycles. The van der Waals surface area contributed by atoms with Gasteiger partial charge in [-0.2, -0.15) is 4.31 Å². The summed E-state index contributed by atoms with van der Waals surface area (Å²) in [4.78, 5) is 29.5. The fourth-order valence-electron chi connectivity index (χ4n) is 4.25. The van der Waals surface area contributed by atoms with E-state index in [1.807, 2.05) is 13.8 Å². The summed E-state index contributed by atoms with van der Waals surface area (Å²) in [6, 6.07) is 5.49. The summed E-state index contributed by atoms with van der Waals surface area (Å²) in [5, 5.41) is 0. The van der Waals surface area contributed by atoms with Gasteiger partial charge in [-0.05, 0) is 38.1 Å². The zero-order chi connectivity index (χ0) is 22.9. The molecule has 0 aromatic heterocycles. The lowest BCUT2D eigenvalue weighted by molar-refractivity contribution is -0.138. The van der Waals surface area contributed by atoms with Crippen molar-refractivity contribution in [3.63, 3.8) is 0 Å². The average Bonchev–Trinajstić information content (AvgIpc) is 3.28. The number of ether oxygens (including phenoxy) is 2. The lowest BCUT2D eigenvalue weighted by atomic mass is 10.1. The maximum Gasteiger partial charge on any atom is 0.255 e. The van der Waals surface area contributed by atoms with Crippen molar-refractivity contribution < 1.29 is 27.5 Å². The molecule has 3 saturated heterocycles. The Labute approximate surface area is 193 Å². The zero-order valence-corrected chi connectivity index (χ0v) is 19.9. The van der Waals surface area contributed by atoms with Crippen LogP contribution in [-0.2, 0) is 24.3 Å². The Morgan fingerprint density at radius 1 is 1.03 bits per heavy atom. The van der Waals surface area contributed by atoms with E-state index in [0.717, 1.165) is 0 Å². The molecule has 3 aliphatic rings. The van der Waals surface area contributed by atoms with Gasteiger partial charge in [0, 0.05) is 37.5 Å². The summed E-state index contributed by atoms with van der Waals surface area (Å²) in [5.41, 5.74) is 0.370. The summed E-state index contributed by atoms with van der Waals surface area (Å²) in [5.74, 6) is 0.672. The van der Waals surface area contributed by atoms with E-state index in [0.29, 0.717) is 56.6 Å². The minimum Gasteiger partial charge on any atom is -0.378 e. The highest BCUT2D eigenvalue weighted by molar-refractivity contribution is 7.99. The monoisotopic (exact) mass is 483 g/mol. The predicted octanol–water partition coefficient (Wildman–Crippen LogP) is 0.858. The third kappa shape index (κ3) is 4.81. The molecule has 1 aromatic rings. The molecule has 0 radical (unpaired) electrons. The number of hydrogen-bond donors (Lipinski definition) is 0. The van der Waals surface area contributed by atoms with E-state index in [-0.39, 0.29) is 28.9 Å². The van der Waals surface area contributed by atoms with Crippen LogP contribution < -0.4 is 0 Å². The molecule has 1 aromatic carbocycles. The summed E-state index contributed by atoms with van der Waals surface area (Å²) >= 11 is 1.54. The number of morpholine rings is 2. The van der Waals surface area contributed by atoms with Crippen LogP contribution in [0.25, 0.3) is 0 Å². The second-order valence-electron chi connectivity index (χ2n) is 8.33. The zero-order valence-electron chi connectivity index (χ0n) is 18.3. The number of rotatable bonds is 4. The first-order valence-corrected chi connectivity index (χ1v) is 13.4. The van der Waals surface area contributed by atoms with E-state index in [1.165, 1.54) is 28.6 Å². The van der Waals surface area contributed by atoms with E-state index < -0.39 is 16.1 Å². The molecule has 3 heterocycles. The molecule has 0 spiro atoms. The number of hydrogen-bond acceptors (Lipinski definition) is 7. The Hall–Kier alpha value is -1.66. The molecule has 0 bridgehead atoms. The molecule has 3 fully saturated rings. The highest BCUT2D eigenvalue weighted by Crippen LogP contribution is 2.26. The molecule has 11 heteroatoms. The fraction of sp³-hybridized carbons (Fsp3) is 0.619. The average molecular weight is 484 g/mol. The summed E-state index contributed by atoms with van der Waals surface area (Å²) < 4.78 is 38.5. The van der Waals surface area contributed by atoms with Gasteiger partial charge in [0.25, 0.3) is 5.91 Å². The molecule has 3 unspecified atom stereocenters. The van der Waals surface area contributed by atoms with Crippen molar-refractivity contribution in [2.75, 3.05) is 51.0 Å². The number of benzene rings is 1. The number of thioether (sulfide) groups is 1. The smallest absolute Gasteiger partial charge is 0.255 e. The second-order valence-corrected chi connectivity index (χ2v) is 11.3. The first-order chi connectivity index (χ1) is 15.3. The summed E-state index contributed by atoms with van der Waals surface area (Å²) in [6.07, 6.45) is -0.356. The van der Waals surface area contributed by atoms with Crippen LogP contribution in [0.15, 0.2) is 29.2 Å². The van der Waals surface area contributed by atoms with E-state index >= 15 is 0 Å². The van der Waals surface area contributed by atoms with Gasteiger partial charge in [0.1, 0.15) is 6.04 Å². The second kappa shape index (κ2) is 9.68. The van der Waals surface area contributed by atoms with Crippen LogP contribution >= 0.6 is 11.8 Å². The van der Waals surface area contributed by atoms with Crippen molar-refractivity contribution in [3.05, 3.63) is 29.8 Å². The van der Waals surface area contributed by atoms with Gasteiger partial charge in [-0.15, -0.1) is 11.8 Å². The lowest BCUT2D eigenvalue weighted by Gasteiger charge is -2.34. The van der Waals surface area contributed by atoms with Crippen molar-refractivity contribution >= 4 is 33.6 Å². The van der Waals surface area contributed by atoms with Crippen LogP contribution in [-0.4, -0.2) is 104 Å². The van der Waals surface area contributed by atoms with Gasteiger partial charge >= 0.3 is 0 Å². The maximum atomic E-state index is 13.1. The van der Waals surface area contributed by atoms with E-state index in [2.05, 4.69) is 0 Å². The molecule has 3 atom stereocenters. The third-order valence-corrected chi connectivity index (χ3v) is 8.73. The maximum absolute atomic E-state index is 13.1. The topological polar surface area (TPSA) is 96.5 Å². The van der Waals surface area contributed by atoms with Crippen LogP contribution in [0.2, 0.25) is 0 Å². The van der Waals surface area contributed by atoms with Crippen molar-refractivity contribution in [1.82, 2.24) is 14.1 Å². The number of sulfonamides is 1. The molecule has 32 heavy (non-hydrogen) atoms. The molecular weight excluding hydrogens is 454 g/mol. The van der Waals surface area contributed by atoms with Crippen molar-refractivity contribution in [2.24, 2.45) is 0 Å². The highest BCUT2D eigenvalue weighted by Gasteiger charge is 2.38. The first kappa shape index (κ1) is 23.5. The predicted molar refractivity (Wildman–Crippen MR) is 120 cm³/mol. The molecule has 3 aliphatic heterocycles. The Morgan fingerprint density at radius 2 is 1.66 bits per heavy atom. The molecule has 4 rings (SSSR count). The van der Waals surface area contributed by atoms with Gasteiger partial charge < -0.3 is 19.3 Å². The third-order valence-electron chi connectivity index (χ3n) is 5.88. The van der Waals surface area contributed by atoms with E-state index in [4.69, 9.17) is 9.47 Å². The molecule has 176 valence electrons. The number of amides is 2. The quantitative estimate of drug-likeness (QED) is 0.627.